The summed E-state index contributed by atoms with van der Waals surface area (Å²) in [5.74, 6) is 0.102. The van der Waals surface area contributed by atoms with Crippen molar-refractivity contribution < 1.29 is 36.7 Å². The average molecular weight is 802 g/mol. The van der Waals surface area contributed by atoms with Crippen LogP contribution in [-0.2, 0) is 34.1 Å². The summed E-state index contributed by atoms with van der Waals surface area (Å²) in [6.45, 7) is 1.34. The molecule has 0 amide bonds. The summed E-state index contributed by atoms with van der Waals surface area (Å²) >= 11 is 0. The topological polar surface area (TPSA) is 216 Å². The van der Waals surface area contributed by atoms with Gasteiger partial charge in [-0.2, -0.15) is 13.4 Å². The molecule has 2 fully saturated rings. The number of nitrogens with zero attached hydrogens (tertiary/aromatic N) is 3. The first-order valence-electron chi connectivity index (χ1n) is 18.3. The highest BCUT2D eigenvalue weighted by Gasteiger charge is 2.45. The molecular formula is C40H43N5O11S. The van der Waals surface area contributed by atoms with E-state index in [0.29, 0.717) is 5.75 Å². The van der Waals surface area contributed by atoms with Gasteiger partial charge in [-0.25, -0.2) is 9.59 Å². The van der Waals surface area contributed by atoms with Gasteiger partial charge in [0.15, 0.2) is 0 Å². The first kappa shape index (κ1) is 39.8. The molecule has 2 aliphatic rings. The standard InChI is InChI=1S/C40H43N5O11S/c1-25-23-45(39(49)43-37(25)47)35-21-30(46)31(54-35)18-20-57(50,51)56-32-22-36(44-19-17-34(41)42-38(44)48)55-33(32)24-53-40(26-9-5-3-6-10-26,27-11-7-4-8-12-27)28-13-15-29(52-2)16-14-28/h3-17,19,23,30-33,35-36,46H,18,20-22,24H2,1-2H3,(H2,41,42,48)(H,43,47,49)/t30-,31+,32-,33+,35+,36+/m0/s1. The van der Waals surface area contributed by atoms with Gasteiger partial charge in [0, 0.05) is 30.8 Å². The van der Waals surface area contributed by atoms with Crippen LogP contribution in [0.25, 0.3) is 0 Å². The third-order valence-corrected chi connectivity index (χ3v) is 11.5. The zero-order valence-electron chi connectivity index (χ0n) is 31.2. The van der Waals surface area contributed by atoms with E-state index in [1.165, 1.54) is 30.0 Å². The monoisotopic (exact) mass is 801 g/mol. The molecule has 4 heterocycles. The minimum atomic E-state index is -4.33. The number of methoxy groups -OCH3 is 1. The Balaban J connectivity index is 1.16. The van der Waals surface area contributed by atoms with Gasteiger partial charge in [-0.3, -0.25) is 23.1 Å². The molecule has 0 spiro atoms. The molecule has 0 aliphatic carbocycles. The maximum atomic E-state index is 13.7. The molecule has 0 bridgehead atoms. The number of aliphatic hydroxyl groups is 1. The Bertz CT molecular complexity index is 2420. The van der Waals surface area contributed by atoms with Crippen LogP contribution in [0.1, 0.15) is 54.0 Å². The first-order chi connectivity index (χ1) is 27.4. The summed E-state index contributed by atoms with van der Waals surface area (Å²) in [5, 5.41) is 10.8. The Labute approximate surface area is 327 Å². The molecule has 300 valence electrons. The van der Waals surface area contributed by atoms with Crippen LogP contribution in [0.2, 0.25) is 0 Å². The predicted octanol–water partition coefficient (Wildman–Crippen LogP) is 2.74. The van der Waals surface area contributed by atoms with E-state index in [4.69, 9.17) is 28.9 Å². The van der Waals surface area contributed by atoms with Crippen molar-refractivity contribution in [3.8, 4) is 5.75 Å². The zero-order valence-corrected chi connectivity index (χ0v) is 32.0. The number of aromatic amines is 1. The van der Waals surface area contributed by atoms with Crippen molar-refractivity contribution in [2.24, 2.45) is 0 Å². The number of aryl methyl sites for hydroxylation is 1. The Morgan fingerprint density at radius 2 is 1.49 bits per heavy atom. The van der Waals surface area contributed by atoms with Crippen LogP contribution >= 0.6 is 0 Å². The summed E-state index contributed by atoms with van der Waals surface area (Å²) in [7, 11) is -2.75. The van der Waals surface area contributed by atoms with E-state index in [0.717, 1.165) is 21.3 Å². The van der Waals surface area contributed by atoms with Gasteiger partial charge in [-0.15, -0.1) is 0 Å². The lowest BCUT2D eigenvalue weighted by Gasteiger charge is -2.37. The molecule has 0 saturated carbocycles. The highest BCUT2D eigenvalue weighted by Crippen LogP contribution is 2.42. The molecule has 2 aliphatic heterocycles. The van der Waals surface area contributed by atoms with Gasteiger partial charge in [-0.05, 0) is 48.2 Å². The van der Waals surface area contributed by atoms with Crippen molar-refractivity contribution in [2.45, 2.75) is 68.7 Å². The molecule has 3 aromatic carbocycles. The van der Waals surface area contributed by atoms with Gasteiger partial charge >= 0.3 is 11.4 Å². The van der Waals surface area contributed by atoms with Crippen molar-refractivity contribution in [1.82, 2.24) is 19.1 Å². The fraction of sp³-hybridized carbons (Fsp3) is 0.350. The molecule has 6 atom stereocenters. The van der Waals surface area contributed by atoms with Crippen molar-refractivity contribution in [3.05, 3.63) is 157 Å². The quantitative estimate of drug-likeness (QED) is 0.109. The average Bonchev–Trinajstić information content (AvgIpc) is 3.78. The second kappa shape index (κ2) is 16.6. The van der Waals surface area contributed by atoms with Crippen LogP contribution < -0.4 is 27.4 Å². The Morgan fingerprint density at radius 1 is 0.877 bits per heavy atom. The number of aliphatic hydroxyl groups excluding tert-OH is 1. The number of rotatable bonds is 14. The molecule has 0 unspecified atom stereocenters. The lowest BCUT2D eigenvalue weighted by molar-refractivity contribution is -0.0911. The van der Waals surface area contributed by atoms with Gasteiger partial charge in [-0.1, -0.05) is 72.8 Å². The number of hydrogen-bond acceptors (Lipinski definition) is 13. The molecular weight excluding hydrogens is 759 g/mol. The van der Waals surface area contributed by atoms with Gasteiger partial charge in [0.05, 0.1) is 31.7 Å². The summed E-state index contributed by atoms with van der Waals surface area (Å²) < 4.78 is 60.3. The second-order valence-electron chi connectivity index (χ2n) is 14.0. The smallest absolute Gasteiger partial charge is 0.351 e. The number of aromatic nitrogens is 4. The lowest BCUT2D eigenvalue weighted by atomic mass is 9.80. The minimum Gasteiger partial charge on any atom is -0.497 e. The van der Waals surface area contributed by atoms with Crippen molar-refractivity contribution in [3.63, 3.8) is 0 Å². The zero-order chi connectivity index (χ0) is 40.3. The number of ether oxygens (including phenoxy) is 4. The molecule has 5 aromatic rings. The summed E-state index contributed by atoms with van der Waals surface area (Å²) in [5.41, 5.74) is 5.17. The lowest BCUT2D eigenvalue weighted by Crippen LogP contribution is -2.39. The maximum absolute atomic E-state index is 13.7. The van der Waals surface area contributed by atoms with Crippen molar-refractivity contribution >= 4 is 15.9 Å². The minimum absolute atomic E-state index is 0.00231. The van der Waals surface area contributed by atoms with E-state index in [-0.39, 0.29) is 37.3 Å². The highest BCUT2D eigenvalue weighted by atomic mass is 32.2. The maximum Gasteiger partial charge on any atom is 0.351 e. The van der Waals surface area contributed by atoms with E-state index in [1.54, 1.807) is 7.11 Å². The van der Waals surface area contributed by atoms with Gasteiger partial charge in [0.2, 0.25) is 0 Å². The van der Waals surface area contributed by atoms with E-state index in [2.05, 4.69) is 9.97 Å². The van der Waals surface area contributed by atoms with Gasteiger partial charge in [0.25, 0.3) is 15.7 Å². The van der Waals surface area contributed by atoms with Gasteiger partial charge < -0.3 is 29.8 Å². The van der Waals surface area contributed by atoms with Crippen LogP contribution in [0.5, 0.6) is 5.75 Å². The molecule has 2 aromatic heterocycles. The Kier molecular flexibility index (Phi) is 11.6. The fourth-order valence-electron chi connectivity index (χ4n) is 7.34. The Hall–Kier alpha value is -5.43. The Morgan fingerprint density at radius 3 is 2.12 bits per heavy atom. The van der Waals surface area contributed by atoms with E-state index in [1.807, 2.05) is 84.9 Å². The third kappa shape index (κ3) is 8.49. The molecule has 17 heteroatoms. The number of anilines is 1. The molecule has 7 rings (SSSR count). The van der Waals surface area contributed by atoms with Crippen LogP contribution in [-0.4, -0.2) is 76.5 Å². The molecule has 57 heavy (non-hydrogen) atoms. The van der Waals surface area contributed by atoms with Crippen LogP contribution in [0.15, 0.2) is 118 Å². The number of H-pyrrole nitrogens is 1. The second-order valence-corrected chi connectivity index (χ2v) is 15.7. The number of nitrogen functional groups attached to an aromatic ring is 1. The largest absolute Gasteiger partial charge is 0.497 e. The number of nitrogens with two attached hydrogens (primary N) is 1. The normalized spacial score (nSPS) is 22.4. The number of hydrogen-bond donors (Lipinski definition) is 3. The molecule has 4 N–H and O–H groups in total. The van der Waals surface area contributed by atoms with Crippen LogP contribution in [0, 0.1) is 6.92 Å². The third-order valence-electron chi connectivity index (χ3n) is 10.2. The van der Waals surface area contributed by atoms with E-state index < -0.39 is 75.3 Å². The predicted molar refractivity (Wildman–Crippen MR) is 207 cm³/mol. The summed E-state index contributed by atoms with van der Waals surface area (Å²) in [6, 6.07) is 28.0. The van der Waals surface area contributed by atoms with Crippen molar-refractivity contribution in [2.75, 3.05) is 25.2 Å². The summed E-state index contributed by atoms with van der Waals surface area (Å²) in [4.78, 5) is 43.3. The van der Waals surface area contributed by atoms with Crippen LogP contribution in [0.3, 0.4) is 0 Å². The first-order valence-corrected chi connectivity index (χ1v) is 19.9. The SMILES string of the molecule is COc1ccc(C(OC[C@H]2O[C@@H](n3ccc(N)nc3=O)C[C@@H]2OS(=O)(=O)CC[C@H]2O[C@@H](n3cc(C)c(=O)[nH]c3=O)C[C@@H]2O)(c2ccccc2)c2ccccc2)cc1. The molecule has 0 radical (unpaired) electrons. The molecule has 16 nitrogen and oxygen atoms in total. The van der Waals surface area contributed by atoms with Crippen molar-refractivity contribution in [1.29, 1.82) is 0 Å². The van der Waals surface area contributed by atoms with Gasteiger partial charge in [0.1, 0.15) is 41.8 Å². The fourth-order valence-corrected chi connectivity index (χ4v) is 8.54. The summed E-state index contributed by atoms with van der Waals surface area (Å²) in [6.07, 6.45) is -3.60. The molecule has 2 saturated heterocycles. The number of benzene rings is 3. The number of nitrogens with one attached hydrogen (secondary N) is 1. The highest BCUT2D eigenvalue weighted by molar-refractivity contribution is 7.86. The van der Waals surface area contributed by atoms with Crippen LogP contribution in [0.4, 0.5) is 5.82 Å². The van der Waals surface area contributed by atoms with E-state index >= 15 is 0 Å². The van der Waals surface area contributed by atoms with E-state index in [9.17, 15) is 27.9 Å².